The molecule has 2 N–H and O–H groups in total. The molecule has 1 aliphatic rings. The molecule has 0 saturated carbocycles. The number of allylic oxidation sites excluding steroid dienone is 2. The van der Waals surface area contributed by atoms with Gasteiger partial charge >= 0.3 is 17.9 Å². The Morgan fingerprint density at radius 1 is 1.03 bits per heavy atom. The van der Waals surface area contributed by atoms with E-state index in [-0.39, 0.29) is 48.6 Å². The number of carbonyl (C=O) groups excluding carboxylic acids is 5. The van der Waals surface area contributed by atoms with Gasteiger partial charge in [-0.05, 0) is 38.3 Å². The van der Waals surface area contributed by atoms with Crippen molar-refractivity contribution in [1.82, 2.24) is 10.3 Å². The molecule has 1 fully saturated rings. The maximum atomic E-state index is 13.1. The molecule has 0 bridgehead atoms. The van der Waals surface area contributed by atoms with Crippen LogP contribution in [0.25, 0.3) is 5.57 Å². The molecule has 0 aliphatic carbocycles. The summed E-state index contributed by atoms with van der Waals surface area (Å²) in [6.07, 6.45) is 0.425. The molecule has 2 rings (SSSR count). The molecular weight excluding hydrogens is 444 g/mol. The summed E-state index contributed by atoms with van der Waals surface area (Å²) in [5, 5.41) is 2.73. The topological polar surface area (TPSA) is 141 Å². The molecule has 1 aliphatic heterocycles. The molecule has 0 spiro atoms. The summed E-state index contributed by atoms with van der Waals surface area (Å²) in [5.41, 5.74) is -0.192. The monoisotopic (exact) mass is 476 g/mol. The molecular formula is C24H32N2O8. The number of hydrogen-bond donors (Lipinski definition) is 2. The van der Waals surface area contributed by atoms with Gasteiger partial charge in [-0.2, -0.15) is 0 Å². The molecule has 1 aromatic rings. The summed E-state index contributed by atoms with van der Waals surface area (Å²) in [7, 11) is 2.46. The lowest BCUT2D eigenvalue weighted by Crippen LogP contribution is -2.25. The van der Waals surface area contributed by atoms with E-state index in [1.165, 1.54) is 14.2 Å². The smallest absolute Gasteiger partial charge is 0.355 e. The highest BCUT2D eigenvalue weighted by Crippen LogP contribution is 2.39. The second-order valence-corrected chi connectivity index (χ2v) is 9.68. The second-order valence-electron chi connectivity index (χ2n) is 9.68. The summed E-state index contributed by atoms with van der Waals surface area (Å²) in [4.78, 5) is 64.6. The normalized spacial score (nSPS) is 16.5. The lowest BCUT2D eigenvalue weighted by molar-refractivity contribution is -0.141. The van der Waals surface area contributed by atoms with Crippen molar-refractivity contribution in [1.29, 1.82) is 0 Å². The Kier molecular flexibility index (Phi) is 8.07. The number of nitrogens with one attached hydrogen (secondary N) is 2. The van der Waals surface area contributed by atoms with Crippen molar-refractivity contribution in [3.05, 3.63) is 28.2 Å². The van der Waals surface area contributed by atoms with Crippen molar-refractivity contribution in [3.8, 4) is 0 Å². The van der Waals surface area contributed by atoms with Crippen LogP contribution in [-0.2, 0) is 46.2 Å². The molecule has 0 atom stereocenters. The Morgan fingerprint density at radius 2 is 1.65 bits per heavy atom. The molecule has 10 nitrogen and oxygen atoms in total. The summed E-state index contributed by atoms with van der Waals surface area (Å²) in [5.74, 6) is -2.09. The minimum atomic E-state index is -0.822. The van der Waals surface area contributed by atoms with Crippen molar-refractivity contribution in [3.63, 3.8) is 0 Å². The van der Waals surface area contributed by atoms with E-state index in [9.17, 15) is 24.0 Å². The number of hydrogen-bond acceptors (Lipinski definition) is 8. The van der Waals surface area contributed by atoms with Crippen LogP contribution in [0.2, 0.25) is 0 Å². The third-order valence-electron chi connectivity index (χ3n) is 5.38. The second kappa shape index (κ2) is 10.2. The number of ether oxygens (including phenoxy) is 3. The zero-order chi connectivity index (χ0) is 25.8. The molecule has 2 heterocycles. The number of carbonyl (C=O) groups is 5. The largest absolute Gasteiger partial charge is 0.469 e. The fourth-order valence-electron chi connectivity index (χ4n) is 3.84. The van der Waals surface area contributed by atoms with Gasteiger partial charge in [0.2, 0.25) is 5.91 Å². The van der Waals surface area contributed by atoms with Crippen molar-refractivity contribution >= 4 is 35.7 Å². The highest BCUT2D eigenvalue weighted by molar-refractivity contribution is 6.11. The number of rotatable bonds is 8. The maximum Gasteiger partial charge on any atom is 0.355 e. The van der Waals surface area contributed by atoms with Crippen LogP contribution in [0.15, 0.2) is 5.70 Å². The quantitative estimate of drug-likeness (QED) is 0.252. The van der Waals surface area contributed by atoms with Gasteiger partial charge in [0, 0.05) is 24.0 Å². The van der Waals surface area contributed by atoms with E-state index in [0.29, 0.717) is 23.1 Å². The van der Waals surface area contributed by atoms with Crippen LogP contribution >= 0.6 is 0 Å². The fraction of sp³-hybridized carbons (Fsp3) is 0.542. The highest BCUT2D eigenvalue weighted by atomic mass is 16.6. The molecule has 1 saturated heterocycles. The van der Waals surface area contributed by atoms with Gasteiger partial charge in [-0.15, -0.1) is 0 Å². The molecule has 0 unspecified atom stereocenters. The van der Waals surface area contributed by atoms with Gasteiger partial charge in [0.1, 0.15) is 11.3 Å². The van der Waals surface area contributed by atoms with Crippen molar-refractivity contribution in [2.45, 2.75) is 65.9 Å². The number of methoxy groups -OCH3 is 2. The van der Waals surface area contributed by atoms with Gasteiger partial charge in [-0.3, -0.25) is 19.2 Å². The van der Waals surface area contributed by atoms with Crippen LogP contribution in [0.1, 0.15) is 74.8 Å². The fourth-order valence-corrected chi connectivity index (χ4v) is 3.84. The molecule has 1 aromatic heterocycles. The van der Waals surface area contributed by atoms with Gasteiger partial charge in [0.25, 0.3) is 0 Å². The first-order valence-electron chi connectivity index (χ1n) is 10.8. The first kappa shape index (κ1) is 26.8. The van der Waals surface area contributed by atoms with Crippen LogP contribution in [-0.4, -0.2) is 54.9 Å². The van der Waals surface area contributed by atoms with E-state index in [4.69, 9.17) is 14.2 Å². The van der Waals surface area contributed by atoms with Crippen molar-refractivity contribution in [2.75, 3.05) is 14.2 Å². The van der Waals surface area contributed by atoms with Crippen LogP contribution in [0.3, 0.4) is 0 Å². The Balaban J connectivity index is 2.81. The van der Waals surface area contributed by atoms with E-state index in [0.717, 1.165) is 0 Å². The summed E-state index contributed by atoms with van der Waals surface area (Å²) >= 11 is 0. The van der Waals surface area contributed by atoms with E-state index in [1.807, 2.05) is 0 Å². The van der Waals surface area contributed by atoms with Crippen molar-refractivity contribution < 1.29 is 38.2 Å². The number of aromatic nitrogens is 1. The third kappa shape index (κ3) is 6.12. The molecule has 0 aromatic carbocycles. The molecule has 10 heteroatoms. The standard InChI is InChI=1S/C24H32N2O8/c1-23(2,3)34-22(31)20-13(8-9-17(29)32-6)14(10-18(30)33-7)19(26-20)15(12-27)21-24(4,5)11-16(28)25-21/h12,26H,8-11H2,1-7H3,(H,25,28)/b21-15+. The van der Waals surface area contributed by atoms with Gasteiger partial charge in [-0.25, -0.2) is 4.79 Å². The van der Waals surface area contributed by atoms with Crippen LogP contribution < -0.4 is 5.32 Å². The Labute approximate surface area is 198 Å². The van der Waals surface area contributed by atoms with Crippen LogP contribution in [0.4, 0.5) is 0 Å². The number of amides is 1. The number of esters is 3. The van der Waals surface area contributed by atoms with E-state index >= 15 is 0 Å². The minimum absolute atomic E-state index is 0.00908. The first-order valence-corrected chi connectivity index (χ1v) is 10.8. The van der Waals surface area contributed by atoms with E-state index < -0.39 is 28.9 Å². The third-order valence-corrected chi connectivity index (χ3v) is 5.38. The highest BCUT2D eigenvalue weighted by Gasteiger charge is 2.38. The number of aldehydes is 1. The van der Waals surface area contributed by atoms with Gasteiger partial charge in [0.15, 0.2) is 6.29 Å². The average Bonchev–Trinajstić information content (AvgIpc) is 3.21. The zero-order valence-electron chi connectivity index (χ0n) is 20.7. The summed E-state index contributed by atoms with van der Waals surface area (Å²) < 4.78 is 15.1. The van der Waals surface area contributed by atoms with E-state index in [1.54, 1.807) is 34.6 Å². The Morgan fingerprint density at radius 3 is 2.12 bits per heavy atom. The van der Waals surface area contributed by atoms with Gasteiger partial charge in [0.05, 0.1) is 31.9 Å². The lowest BCUT2D eigenvalue weighted by Gasteiger charge is -2.20. The summed E-state index contributed by atoms with van der Waals surface area (Å²) in [6.45, 7) is 8.72. The van der Waals surface area contributed by atoms with Gasteiger partial charge < -0.3 is 24.5 Å². The maximum absolute atomic E-state index is 13.1. The van der Waals surface area contributed by atoms with Crippen LogP contribution in [0, 0.1) is 5.41 Å². The predicted octanol–water partition coefficient (Wildman–Crippen LogP) is 2.25. The Bertz CT molecular complexity index is 1040. The Hall–Kier alpha value is -3.43. The molecule has 1 amide bonds. The number of H-pyrrole nitrogens is 1. The molecule has 34 heavy (non-hydrogen) atoms. The van der Waals surface area contributed by atoms with Gasteiger partial charge in [-0.1, -0.05) is 13.8 Å². The number of aromatic amines is 1. The van der Waals surface area contributed by atoms with Crippen LogP contribution in [0.5, 0.6) is 0 Å². The summed E-state index contributed by atoms with van der Waals surface area (Å²) in [6, 6.07) is 0. The average molecular weight is 477 g/mol. The predicted molar refractivity (Wildman–Crippen MR) is 122 cm³/mol. The molecule has 0 radical (unpaired) electrons. The minimum Gasteiger partial charge on any atom is -0.469 e. The van der Waals surface area contributed by atoms with Crippen molar-refractivity contribution in [2.24, 2.45) is 5.41 Å². The van der Waals surface area contributed by atoms with E-state index in [2.05, 4.69) is 10.3 Å². The SMILES string of the molecule is COC(=O)CCc1c(C(=O)OC(C)(C)C)[nH]c(/C(C=O)=C2/NC(=O)CC2(C)C)c1CC(=O)OC. The lowest BCUT2D eigenvalue weighted by atomic mass is 9.85. The molecule has 186 valence electrons. The first-order chi connectivity index (χ1) is 15.7. The zero-order valence-corrected chi connectivity index (χ0v) is 20.7.